The molecule has 1 saturated heterocycles. The zero-order chi connectivity index (χ0) is 17.2. The predicted octanol–water partition coefficient (Wildman–Crippen LogP) is 5.41. The number of halogens is 1. The van der Waals surface area contributed by atoms with Crippen molar-refractivity contribution in [1.29, 1.82) is 0 Å². The van der Waals surface area contributed by atoms with E-state index in [9.17, 15) is 4.39 Å². The Morgan fingerprint density at radius 1 is 1.28 bits per heavy atom. The van der Waals surface area contributed by atoms with Crippen LogP contribution in [-0.2, 0) is 6.67 Å². The minimum Gasteiger partial charge on any atom is -0.330 e. The molecule has 3 aromatic rings. The Kier molecular flexibility index (Phi) is 4.93. The maximum Gasteiger partial charge on any atom is 0.209 e. The number of aromatic nitrogens is 2. The van der Waals surface area contributed by atoms with E-state index in [1.54, 1.807) is 12.1 Å². The van der Waals surface area contributed by atoms with Crippen LogP contribution >= 0.6 is 34.9 Å². The van der Waals surface area contributed by atoms with Crippen molar-refractivity contribution in [2.45, 2.75) is 25.6 Å². The lowest BCUT2D eigenvalue weighted by Crippen LogP contribution is -2.26. The lowest BCUT2D eigenvalue weighted by Gasteiger charge is -2.23. The zero-order valence-electron chi connectivity index (χ0n) is 13.4. The summed E-state index contributed by atoms with van der Waals surface area (Å²) in [6.07, 6.45) is 2.37. The molecule has 8 heteroatoms. The van der Waals surface area contributed by atoms with Crippen molar-refractivity contribution in [2.24, 2.45) is 0 Å². The van der Waals surface area contributed by atoms with Crippen LogP contribution in [0, 0.1) is 9.77 Å². The summed E-state index contributed by atoms with van der Waals surface area (Å²) in [7, 11) is 0. The molecule has 0 radical (unpaired) electrons. The number of nitrogens with one attached hydrogen (secondary N) is 1. The highest BCUT2D eigenvalue weighted by atomic mass is 32.1. The second-order valence-corrected chi connectivity index (χ2v) is 8.53. The molecular formula is C17H17FN4S3. The van der Waals surface area contributed by atoms with E-state index in [-0.39, 0.29) is 5.82 Å². The fourth-order valence-corrected chi connectivity index (χ4v) is 4.98. The van der Waals surface area contributed by atoms with Gasteiger partial charge in [0.1, 0.15) is 5.82 Å². The number of hydrogen-bond donors (Lipinski definition) is 1. The number of anilines is 2. The molecule has 1 N–H and O–H groups in total. The van der Waals surface area contributed by atoms with E-state index >= 15 is 0 Å². The van der Waals surface area contributed by atoms with Crippen LogP contribution in [0.25, 0.3) is 0 Å². The van der Waals surface area contributed by atoms with Crippen LogP contribution in [0.5, 0.6) is 0 Å². The summed E-state index contributed by atoms with van der Waals surface area (Å²) in [5.74, 6) is -0.252. The predicted molar refractivity (Wildman–Crippen MR) is 104 cm³/mol. The first-order valence-corrected chi connectivity index (χ1v) is 10.2. The minimum atomic E-state index is -0.252. The molecular weight excluding hydrogens is 375 g/mol. The molecule has 0 amide bonds. The summed E-state index contributed by atoms with van der Waals surface area (Å²) in [5, 5.41) is 10.6. The van der Waals surface area contributed by atoms with Gasteiger partial charge in [0.05, 0.1) is 6.67 Å². The van der Waals surface area contributed by atoms with Crippen LogP contribution in [-0.4, -0.2) is 21.2 Å². The van der Waals surface area contributed by atoms with Gasteiger partial charge in [-0.25, -0.2) is 9.07 Å². The first-order chi connectivity index (χ1) is 12.2. The highest BCUT2D eigenvalue weighted by Crippen LogP contribution is 2.35. The number of thiophene rings is 1. The van der Waals surface area contributed by atoms with E-state index < -0.39 is 0 Å². The molecule has 2 aromatic heterocycles. The zero-order valence-corrected chi connectivity index (χ0v) is 15.8. The van der Waals surface area contributed by atoms with Crippen LogP contribution in [0.15, 0.2) is 41.8 Å². The van der Waals surface area contributed by atoms with Gasteiger partial charge in [-0.1, -0.05) is 17.4 Å². The fourth-order valence-electron chi connectivity index (χ4n) is 3.07. The van der Waals surface area contributed by atoms with Crippen molar-refractivity contribution < 1.29 is 4.39 Å². The van der Waals surface area contributed by atoms with Gasteiger partial charge in [0.25, 0.3) is 0 Å². The molecule has 1 atom stereocenters. The number of hydrogen-bond acceptors (Lipinski definition) is 6. The maximum absolute atomic E-state index is 13.0. The van der Waals surface area contributed by atoms with Crippen molar-refractivity contribution in [3.8, 4) is 0 Å². The van der Waals surface area contributed by atoms with E-state index in [2.05, 4.69) is 32.8 Å². The van der Waals surface area contributed by atoms with E-state index in [0.717, 1.165) is 21.3 Å². The van der Waals surface area contributed by atoms with E-state index in [1.807, 2.05) is 16.0 Å². The molecule has 4 rings (SSSR count). The van der Waals surface area contributed by atoms with Gasteiger partial charge in [0, 0.05) is 23.2 Å². The average molecular weight is 393 g/mol. The Hall–Kier alpha value is -1.61. The molecule has 0 aliphatic carbocycles. The number of rotatable bonds is 5. The molecule has 1 aliphatic heterocycles. The summed E-state index contributed by atoms with van der Waals surface area (Å²) in [6.45, 7) is 1.76. The number of nitrogens with zero attached hydrogens (tertiary/aromatic N) is 3. The SMILES string of the molecule is Fc1ccc(Nc2nn(CN3CCC[C@H]3c3cccs3)c(=S)s2)cc1. The van der Waals surface area contributed by atoms with E-state index in [0.29, 0.717) is 12.7 Å². The van der Waals surface area contributed by atoms with E-state index in [1.165, 1.54) is 41.2 Å². The van der Waals surface area contributed by atoms with Crippen LogP contribution in [0.3, 0.4) is 0 Å². The summed E-state index contributed by atoms with van der Waals surface area (Å²) < 4.78 is 15.6. The molecule has 0 unspecified atom stereocenters. The fraction of sp³-hybridized carbons (Fsp3) is 0.294. The molecule has 1 aromatic carbocycles. The third-order valence-electron chi connectivity index (χ3n) is 4.25. The second kappa shape index (κ2) is 7.33. The Morgan fingerprint density at radius 3 is 2.88 bits per heavy atom. The Balaban J connectivity index is 1.49. The van der Waals surface area contributed by atoms with E-state index in [4.69, 9.17) is 12.2 Å². The summed E-state index contributed by atoms with van der Waals surface area (Å²) in [5.41, 5.74) is 0.801. The Morgan fingerprint density at radius 2 is 2.12 bits per heavy atom. The minimum absolute atomic E-state index is 0.252. The molecule has 25 heavy (non-hydrogen) atoms. The monoisotopic (exact) mass is 392 g/mol. The van der Waals surface area contributed by atoms with Crippen LogP contribution in [0.1, 0.15) is 23.8 Å². The van der Waals surface area contributed by atoms with Gasteiger partial charge in [-0.3, -0.25) is 4.90 Å². The largest absolute Gasteiger partial charge is 0.330 e. The van der Waals surface area contributed by atoms with Crippen molar-refractivity contribution in [3.63, 3.8) is 0 Å². The first-order valence-electron chi connectivity index (χ1n) is 8.07. The highest BCUT2D eigenvalue weighted by Gasteiger charge is 2.27. The second-order valence-electron chi connectivity index (χ2n) is 5.93. The lowest BCUT2D eigenvalue weighted by atomic mass is 10.2. The first kappa shape index (κ1) is 16.8. The average Bonchev–Trinajstić information content (AvgIpc) is 3.32. The number of benzene rings is 1. The molecule has 3 heterocycles. The molecule has 0 saturated carbocycles. The molecule has 4 nitrogen and oxygen atoms in total. The molecule has 130 valence electrons. The third kappa shape index (κ3) is 3.82. The third-order valence-corrected chi connectivity index (χ3v) is 6.45. The van der Waals surface area contributed by atoms with Crippen molar-refractivity contribution in [3.05, 3.63) is 56.4 Å². The van der Waals surface area contributed by atoms with Gasteiger partial charge < -0.3 is 5.32 Å². The molecule has 1 fully saturated rings. The van der Waals surface area contributed by atoms with Crippen LogP contribution in [0.2, 0.25) is 0 Å². The quantitative estimate of drug-likeness (QED) is 0.588. The van der Waals surface area contributed by atoms with Crippen molar-refractivity contribution >= 4 is 45.7 Å². The Labute approximate surface area is 158 Å². The standard InChI is InChI=1S/C17H17FN4S3/c18-12-5-7-13(8-6-12)19-16-20-22(17(23)25-16)11-21-9-1-3-14(21)15-4-2-10-24-15/h2,4-8,10,14H,1,3,9,11H2,(H,19,20)/t14-/m0/s1. The maximum atomic E-state index is 13.0. The summed E-state index contributed by atoms with van der Waals surface area (Å²) in [6, 6.07) is 11.0. The van der Waals surface area contributed by atoms with Gasteiger partial charge in [0.15, 0.2) is 3.95 Å². The Bertz CT molecular complexity index is 886. The van der Waals surface area contributed by atoms with Gasteiger partial charge in [0.2, 0.25) is 5.13 Å². The highest BCUT2D eigenvalue weighted by molar-refractivity contribution is 7.73. The normalized spacial score (nSPS) is 17.9. The van der Waals surface area contributed by atoms with Crippen LogP contribution in [0.4, 0.5) is 15.2 Å². The van der Waals surface area contributed by atoms with Gasteiger partial charge >= 0.3 is 0 Å². The van der Waals surface area contributed by atoms with Gasteiger partial charge in [-0.15, -0.1) is 16.4 Å². The van der Waals surface area contributed by atoms with Crippen molar-refractivity contribution in [2.75, 3.05) is 11.9 Å². The molecule has 0 bridgehead atoms. The topological polar surface area (TPSA) is 33.1 Å². The smallest absolute Gasteiger partial charge is 0.209 e. The number of likely N-dealkylation sites (tertiary alicyclic amines) is 1. The van der Waals surface area contributed by atoms with Gasteiger partial charge in [-0.2, -0.15) is 0 Å². The lowest BCUT2D eigenvalue weighted by molar-refractivity contribution is 0.193. The summed E-state index contributed by atoms with van der Waals surface area (Å²) in [4.78, 5) is 3.84. The molecule has 0 spiro atoms. The van der Waals surface area contributed by atoms with Gasteiger partial charge in [-0.05, 0) is 60.8 Å². The van der Waals surface area contributed by atoms with Crippen molar-refractivity contribution in [1.82, 2.24) is 14.7 Å². The molecule has 1 aliphatic rings. The van der Waals surface area contributed by atoms with Crippen LogP contribution < -0.4 is 5.32 Å². The summed E-state index contributed by atoms with van der Waals surface area (Å²) >= 11 is 8.72.